The molecule has 1 amide bonds. The van der Waals surface area contributed by atoms with Gasteiger partial charge in [0.05, 0.1) is 18.1 Å². The average Bonchev–Trinajstić information content (AvgIpc) is 2.90. The fourth-order valence-corrected chi connectivity index (χ4v) is 4.88. The van der Waals surface area contributed by atoms with Gasteiger partial charge in [-0.3, -0.25) is 4.79 Å². The fourth-order valence-electron chi connectivity index (χ4n) is 4.88. The molecule has 7 heteroatoms. The number of halogens is 4. The molecule has 188 valence electrons. The first-order valence-electron chi connectivity index (χ1n) is 11.9. The lowest BCUT2D eigenvalue weighted by Gasteiger charge is -2.48. The zero-order chi connectivity index (χ0) is 26.1. The van der Waals surface area contributed by atoms with E-state index in [9.17, 15) is 27.5 Å². The van der Waals surface area contributed by atoms with Crippen molar-refractivity contribution >= 4 is 11.6 Å². The molecule has 1 N–H and O–H groups in total. The summed E-state index contributed by atoms with van der Waals surface area (Å²) < 4.78 is 54.7. The van der Waals surface area contributed by atoms with Gasteiger partial charge in [0.2, 0.25) is 5.91 Å². The molecule has 0 aliphatic carbocycles. The number of benzene rings is 4. The number of aliphatic hydroxyl groups is 1. The predicted octanol–water partition coefficient (Wildman–Crippen LogP) is 7.13. The van der Waals surface area contributed by atoms with Gasteiger partial charge in [-0.15, -0.1) is 0 Å². The number of rotatable bonds is 7. The highest BCUT2D eigenvalue weighted by Gasteiger charge is 2.48. The van der Waals surface area contributed by atoms with Gasteiger partial charge in [-0.1, -0.05) is 48.5 Å². The summed E-state index contributed by atoms with van der Waals surface area (Å²) >= 11 is 0. The third-order valence-electron chi connectivity index (χ3n) is 6.84. The highest BCUT2D eigenvalue weighted by Crippen LogP contribution is 2.46. The van der Waals surface area contributed by atoms with Crippen LogP contribution in [0, 0.1) is 29.2 Å². The van der Waals surface area contributed by atoms with Gasteiger partial charge in [-0.05, 0) is 72.0 Å². The quantitative estimate of drug-likeness (QED) is 0.214. The number of β-lactam (4-membered cyclic amide) rings is 1. The monoisotopic (exact) mass is 505 g/mol. The number of carbonyl (C=O) groups excluding carboxylic acids is 1. The van der Waals surface area contributed by atoms with Crippen LogP contribution >= 0.6 is 0 Å². The van der Waals surface area contributed by atoms with Gasteiger partial charge >= 0.3 is 0 Å². The summed E-state index contributed by atoms with van der Waals surface area (Å²) in [6, 6.07) is 21.6. The highest BCUT2D eigenvalue weighted by atomic mass is 19.2. The first-order valence-corrected chi connectivity index (χ1v) is 11.9. The fraction of sp³-hybridized carbons (Fsp3) is 0.167. The van der Waals surface area contributed by atoms with Crippen LogP contribution < -0.4 is 4.90 Å². The third-order valence-corrected chi connectivity index (χ3v) is 6.84. The molecule has 4 aromatic carbocycles. The molecule has 0 saturated carbocycles. The summed E-state index contributed by atoms with van der Waals surface area (Å²) in [5, 5.41) is 10.6. The lowest BCUT2D eigenvalue weighted by molar-refractivity contribution is -0.131. The van der Waals surface area contributed by atoms with Crippen molar-refractivity contribution in [3.05, 3.63) is 125 Å². The van der Waals surface area contributed by atoms with Crippen molar-refractivity contribution in [1.82, 2.24) is 0 Å². The summed E-state index contributed by atoms with van der Waals surface area (Å²) in [5.41, 5.74) is 2.48. The van der Waals surface area contributed by atoms with Crippen LogP contribution in [0.2, 0.25) is 0 Å². The Bertz CT molecular complexity index is 1410. The van der Waals surface area contributed by atoms with E-state index in [0.717, 1.165) is 11.6 Å². The summed E-state index contributed by atoms with van der Waals surface area (Å²) in [6.45, 7) is 0. The number of amides is 1. The Morgan fingerprint density at radius 3 is 2.05 bits per heavy atom. The number of anilines is 1. The molecule has 37 heavy (non-hydrogen) atoms. The molecule has 3 nitrogen and oxygen atoms in total. The molecule has 0 aromatic heterocycles. The van der Waals surface area contributed by atoms with Crippen LogP contribution in [-0.2, 0) is 4.79 Å². The number of hydrogen-bond acceptors (Lipinski definition) is 2. The van der Waals surface area contributed by atoms with Gasteiger partial charge in [-0.2, -0.15) is 0 Å². The van der Waals surface area contributed by atoms with Gasteiger partial charge in [0.1, 0.15) is 11.6 Å². The SMILES string of the molecule is O=C1[C@H](CC[C@H](O)c2ccc(F)cc2)[C@@H](c2ccc(-c3cccc(F)c3F)cc2)N1c1ccc(F)cc1. The van der Waals surface area contributed by atoms with Crippen LogP contribution in [0.4, 0.5) is 23.2 Å². The normalized spacial score (nSPS) is 18.0. The Morgan fingerprint density at radius 2 is 1.41 bits per heavy atom. The first kappa shape index (κ1) is 24.7. The molecule has 1 aliphatic rings. The molecule has 1 aliphatic heterocycles. The minimum atomic E-state index is -0.937. The topological polar surface area (TPSA) is 40.5 Å². The molecule has 5 rings (SSSR count). The Kier molecular flexibility index (Phi) is 6.80. The van der Waals surface area contributed by atoms with Crippen LogP contribution in [0.15, 0.2) is 91.0 Å². The second-order valence-corrected chi connectivity index (χ2v) is 9.10. The Balaban J connectivity index is 1.41. The van der Waals surface area contributed by atoms with E-state index in [4.69, 9.17) is 0 Å². The largest absolute Gasteiger partial charge is 0.388 e. The molecule has 4 aromatic rings. The lowest BCUT2D eigenvalue weighted by Crippen LogP contribution is -2.55. The molecule has 3 atom stereocenters. The zero-order valence-corrected chi connectivity index (χ0v) is 19.6. The molecule has 0 unspecified atom stereocenters. The van der Waals surface area contributed by atoms with E-state index in [-0.39, 0.29) is 17.9 Å². The second kappa shape index (κ2) is 10.2. The minimum Gasteiger partial charge on any atom is -0.388 e. The van der Waals surface area contributed by atoms with E-state index in [0.29, 0.717) is 23.2 Å². The number of hydrogen-bond donors (Lipinski definition) is 1. The van der Waals surface area contributed by atoms with Gasteiger partial charge in [0, 0.05) is 11.3 Å². The second-order valence-electron chi connectivity index (χ2n) is 9.10. The molecule has 1 saturated heterocycles. The number of aliphatic hydroxyl groups excluding tert-OH is 1. The molecule has 0 bridgehead atoms. The summed E-state index contributed by atoms with van der Waals surface area (Å²) in [4.78, 5) is 14.8. The van der Waals surface area contributed by atoms with E-state index in [1.165, 1.54) is 60.7 Å². The maximum atomic E-state index is 14.3. The van der Waals surface area contributed by atoms with Crippen molar-refractivity contribution < 1.29 is 27.5 Å². The van der Waals surface area contributed by atoms with Crippen LogP contribution in [0.1, 0.15) is 36.1 Å². The van der Waals surface area contributed by atoms with E-state index in [1.54, 1.807) is 29.2 Å². The standard InChI is InChI=1S/C30H23F4NO2/c31-21-10-8-19(9-11-21)27(36)17-16-25-29(35(30(25)37)23-14-12-22(32)13-15-23)20-6-4-18(5-7-20)24-2-1-3-26(33)28(24)34/h1-15,25,27,29,36H,16-17H2/t25-,27+,29-/m1/s1. The van der Waals surface area contributed by atoms with Crippen LogP contribution in [-0.4, -0.2) is 11.0 Å². The van der Waals surface area contributed by atoms with Gasteiger partial charge in [0.25, 0.3) is 0 Å². The summed E-state index contributed by atoms with van der Waals surface area (Å²) in [6.07, 6.45) is -0.227. The lowest BCUT2D eigenvalue weighted by atomic mass is 9.78. The maximum Gasteiger partial charge on any atom is 0.233 e. The predicted molar refractivity (Wildman–Crippen MR) is 133 cm³/mol. The van der Waals surface area contributed by atoms with E-state index in [2.05, 4.69) is 0 Å². The van der Waals surface area contributed by atoms with E-state index in [1.807, 2.05) is 0 Å². The third kappa shape index (κ3) is 4.87. The van der Waals surface area contributed by atoms with Gasteiger partial charge in [0.15, 0.2) is 11.6 Å². The summed E-state index contributed by atoms with van der Waals surface area (Å²) in [5.74, 6) is -3.32. The van der Waals surface area contributed by atoms with E-state index >= 15 is 0 Å². The van der Waals surface area contributed by atoms with Crippen molar-refractivity contribution in [2.75, 3.05) is 4.90 Å². The molecule has 1 heterocycles. The van der Waals surface area contributed by atoms with Gasteiger partial charge < -0.3 is 10.0 Å². The van der Waals surface area contributed by atoms with Crippen molar-refractivity contribution in [3.8, 4) is 11.1 Å². The molecular formula is C30H23F4NO2. The smallest absolute Gasteiger partial charge is 0.233 e. The average molecular weight is 506 g/mol. The minimum absolute atomic E-state index is 0.130. The summed E-state index contributed by atoms with van der Waals surface area (Å²) in [7, 11) is 0. The van der Waals surface area contributed by atoms with Crippen molar-refractivity contribution in [3.63, 3.8) is 0 Å². The maximum absolute atomic E-state index is 14.3. The first-order chi connectivity index (χ1) is 17.8. The Morgan fingerprint density at radius 1 is 0.784 bits per heavy atom. The Hall–Kier alpha value is -3.97. The van der Waals surface area contributed by atoms with Gasteiger partial charge in [-0.25, -0.2) is 17.6 Å². The molecule has 0 radical (unpaired) electrons. The number of carbonyl (C=O) groups is 1. The Labute approximate surface area is 211 Å². The van der Waals surface area contributed by atoms with Crippen molar-refractivity contribution in [1.29, 1.82) is 0 Å². The zero-order valence-electron chi connectivity index (χ0n) is 19.6. The van der Waals surface area contributed by atoms with Crippen molar-refractivity contribution in [2.45, 2.75) is 25.0 Å². The number of nitrogens with zero attached hydrogens (tertiary/aromatic N) is 1. The van der Waals surface area contributed by atoms with Crippen LogP contribution in [0.5, 0.6) is 0 Å². The molecule has 0 spiro atoms. The van der Waals surface area contributed by atoms with Crippen LogP contribution in [0.3, 0.4) is 0 Å². The molecule has 1 fully saturated rings. The molecular weight excluding hydrogens is 482 g/mol. The van der Waals surface area contributed by atoms with Crippen molar-refractivity contribution in [2.24, 2.45) is 5.92 Å². The van der Waals surface area contributed by atoms with Crippen LogP contribution in [0.25, 0.3) is 11.1 Å². The van der Waals surface area contributed by atoms with E-state index < -0.39 is 41.3 Å². The highest BCUT2D eigenvalue weighted by molar-refractivity contribution is 6.03.